The predicted molar refractivity (Wildman–Crippen MR) is 98.4 cm³/mol. The Balaban J connectivity index is 1.88. The number of fused-ring (bicyclic) bond motifs is 1. The number of aryl methyl sites for hydroxylation is 1. The van der Waals surface area contributed by atoms with Crippen LogP contribution in [0, 0.1) is 28.4 Å². The summed E-state index contributed by atoms with van der Waals surface area (Å²) in [7, 11) is 0. The van der Waals surface area contributed by atoms with Crippen LogP contribution in [-0.2, 0) is 4.79 Å². The average molecular weight is 346 g/mol. The molecule has 0 aliphatic carbocycles. The van der Waals surface area contributed by atoms with E-state index >= 15 is 0 Å². The van der Waals surface area contributed by atoms with Crippen molar-refractivity contribution in [3.63, 3.8) is 0 Å². The van der Waals surface area contributed by atoms with Gasteiger partial charge < -0.3 is 10.3 Å². The summed E-state index contributed by atoms with van der Waals surface area (Å²) in [6, 6.07) is 13.6. The van der Waals surface area contributed by atoms with Crippen LogP contribution in [0.25, 0.3) is 17.0 Å². The highest BCUT2D eigenvalue weighted by atomic mass is 16.6. The molecule has 0 saturated carbocycles. The summed E-state index contributed by atoms with van der Waals surface area (Å²) in [5.74, 6) is -0.574. The molecule has 0 fully saturated rings. The van der Waals surface area contributed by atoms with Crippen molar-refractivity contribution in [2.24, 2.45) is 0 Å². The Kier molecular flexibility index (Phi) is 4.50. The van der Waals surface area contributed by atoms with Gasteiger partial charge in [0.05, 0.1) is 4.92 Å². The van der Waals surface area contributed by atoms with Crippen molar-refractivity contribution in [3.05, 3.63) is 75.5 Å². The fraction of sp³-hybridized carbons (Fsp3) is 0.0526. The first-order chi connectivity index (χ1) is 12.5. The highest BCUT2D eigenvalue weighted by molar-refractivity contribution is 6.11. The number of aromatic amines is 1. The SMILES string of the molecule is Cc1cc([N+](=O)[O-])ccc1NC(=O)C(C#N)=Cc1c[nH]c2ccccc12. The van der Waals surface area contributed by atoms with Crippen molar-refractivity contribution in [3.8, 4) is 6.07 Å². The van der Waals surface area contributed by atoms with Crippen molar-refractivity contribution >= 4 is 34.3 Å². The maximum absolute atomic E-state index is 12.4. The molecule has 1 heterocycles. The maximum Gasteiger partial charge on any atom is 0.269 e. The van der Waals surface area contributed by atoms with Gasteiger partial charge in [0, 0.05) is 40.5 Å². The number of carbonyl (C=O) groups excluding carboxylic acids is 1. The third-order valence-corrected chi connectivity index (χ3v) is 3.96. The van der Waals surface area contributed by atoms with E-state index in [0.29, 0.717) is 11.3 Å². The molecule has 1 amide bonds. The normalized spacial score (nSPS) is 11.2. The number of rotatable bonds is 4. The first-order valence-corrected chi connectivity index (χ1v) is 7.74. The zero-order valence-electron chi connectivity index (χ0n) is 13.8. The molecule has 7 nitrogen and oxygen atoms in total. The maximum atomic E-state index is 12.4. The molecular weight excluding hydrogens is 332 g/mol. The molecule has 0 unspecified atom stereocenters. The summed E-state index contributed by atoms with van der Waals surface area (Å²) in [6.07, 6.45) is 3.24. The summed E-state index contributed by atoms with van der Waals surface area (Å²) in [4.78, 5) is 25.8. The molecule has 0 saturated heterocycles. The lowest BCUT2D eigenvalue weighted by atomic mass is 10.1. The Morgan fingerprint density at radius 2 is 2.08 bits per heavy atom. The summed E-state index contributed by atoms with van der Waals surface area (Å²) in [5.41, 5.74) is 2.47. The lowest BCUT2D eigenvalue weighted by Gasteiger charge is -2.07. The minimum Gasteiger partial charge on any atom is -0.361 e. The molecule has 0 spiro atoms. The molecule has 0 aliphatic heterocycles. The van der Waals surface area contributed by atoms with Crippen molar-refractivity contribution in [1.82, 2.24) is 4.98 Å². The van der Waals surface area contributed by atoms with Crippen molar-refractivity contribution in [2.45, 2.75) is 6.92 Å². The van der Waals surface area contributed by atoms with Crippen molar-refractivity contribution in [1.29, 1.82) is 5.26 Å². The van der Waals surface area contributed by atoms with Crippen molar-refractivity contribution in [2.75, 3.05) is 5.32 Å². The third-order valence-electron chi connectivity index (χ3n) is 3.96. The summed E-state index contributed by atoms with van der Waals surface area (Å²) >= 11 is 0. The number of hydrogen-bond acceptors (Lipinski definition) is 4. The fourth-order valence-corrected chi connectivity index (χ4v) is 2.61. The van der Waals surface area contributed by atoms with Crippen LogP contribution in [0.4, 0.5) is 11.4 Å². The van der Waals surface area contributed by atoms with Gasteiger partial charge >= 0.3 is 0 Å². The summed E-state index contributed by atoms with van der Waals surface area (Å²) < 4.78 is 0. The van der Waals surface area contributed by atoms with Crippen LogP contribution in [0.5, 0.6) is 0 Å². The lowest BCUT2D eigenvalue weighted by molar-refractivity contribution is -0.384. The van der Waals surface area contributed by atoms with E-state index in [-0.39, 0.29) is 11.3 Å². The van der Waals surface area contributed by atoms with Gasteiger partial charge in [-0.25, -0.2) is 0 Å². The number of non-ortho nitro benzene ring substituents is 1. The standard InChI is InChI=1S/C19H14N4O3/c1-12-8-15(23(25)26)6-7-17(12)22-19(24)13(10-20)9-14-11-21-18-5-3-2-4-16(14)18/h2-9,11,21H,1H3,(H,22,24). The highest BCUT2D eigenvalue weighted by Gasteiger charge is 2.14. The van der Waals surface area contributed by atoms with E-state index in [1.807, 2.05) is 30.3 Å². The van der Waals surface area contributed by atoms with E-state index in [4.69, 9.17) is 0 Å². The molecule has 1 aromatic heterocycles. The van der Waals surface area contributed by atoms with E-state index in [1.54, 1.807) is 13.1 Å². The van der Waals surface area contributed by atoms with Gasteiger partial charge in [0.15, 0.2) is 0 Å². The van der Waals surface area contributed by atoms with Gasteiger partial charge in [0.25, 0.3) is 11.6 Å². The molecule has 0 aliphatic rings. The quantitative estimate of drug-likeness (QED) is 0.322. The Hall–Kier alpha value is -3.92. The fourth-order valence-electron chi connectivity index (χ4n) is 2.61. The monoisotopic (exact) mass is 346 g/mol. The van der Waals surface area contributed by atoms with Crippen LogP contribution in [0.3, 0.4) is 0 Å². The van der Waals surface area contributed by atoms with Crippen LogP contribution in [-0.4, -0.2) is 15.8 Å². The molecule has 26 heavy (non-hydrogen) atoms. The Bertz CT molecular complexity index is 1090. The molecule has 2 aromatic carbocycles. The molecule has 3 aromatic rings. The number of nitrogens with zero attached hydrogens (tertiary/aromatic N) is 2. The number of anilines is 1. The molecule has 2 N–H and O–H groups in total. The van der Waals surface area contributed by atoms with Gasteiger partial charge in [-0.3, -0.25) is 14.9 Å². The first-order valence-electron chi connectivity index (χ1n) is 7.74. The number of hydrogen-bond donors (Lipinski definition) is 2. The number of amides is 1. The van der Waals surface area contributed by atoms with Gasteiger partial charge in [0.1, 0.15) is 11.6 Å². The molecule has 128 valence electrons. The molecule has 0 radical (unpaired) electrons. The zero-order chi connectivity index (χ0) is 18.7. The molecule has 0 atom stereocenters. The minimum absolute atomic E-state index is 0.0599. The second-order valence-corrected chi connectivity index (χ2v) is 5.67. The molecular formula is C19H14N4O3. The summed E-state index contributed by atoms with van der Waals surface area (Å²) in [6.45, 7) is 1.65. The number of nitrogens with one attached hydrogen (secondary N) is 2. The average Bonchev–Trinajstić information content (AvgIpc) is 3.04. The number of aromatic nitrogens is 1. The van der Waals surface area contributed by atoms with E-state index in [0.717, 1.165) is 16.5 Å². The van der Waals surface area contributed by atoms with E-state index in [1.165, 1.54) is 24.3 Å². The number of H-pyrrole nitrogens is 1. The van der Waals surface area contributed by atoms with Crippen LogP contribution < -0.4 is 5.32 Å². The van der Waals surface area contributed by atoms with E-state index < -0.39 is 10.8 Å². The number of nitriles is 1. The largest absolute Gasteiger partial charge is 0.361 e. The minimum atomic E-state index is -0.574. The van der Waals surface area contributed by atoms with Crippen LogP contribution in [0.2, 0.25) is 0 Å². The lowest BCUT2D eigenvalue weighted by Crippen LogP contribution is -2.14. The highest BCUT2D eigenvalue weighted by Crippen LogP contribution is 2.23. The number of nitro benzene ring substituents is 1. The second kappa shape index (κ2) is 6.91. The number of para-hydroxylation sites is 1. The predicted octanol–water partition coefficient (Wildman–Crippen LogP) is 3.93. The molecule has 3 rings (SSSR count). The first kappa shape index (κ1) is 16.9. The van der Waals surface area contributed by atoms with Gasteiger partial charge in [-0.05, 0) is 30.7 Å². The zero-order valence-corrected chi connectivity index (χ0v) is 13.8. The number of carbonyl (C=O) groups is 1. The number of benzene rings is 2. The van der Waals surface area contributed by atoms with Crippen LogP contribution >= 0.6 is 0 Å². The van der Waals surface area contributed by atoms with Gasteiger partial charge in [-0.2, -0.15) is 5.26 Å². The van der Waals surface area contributed by atoms with Crippen LogP contribution in [0.15, 0.2) is 54.2 Å². The van der Waals surface area contributed by atoms with Gasteiger partial charge in [0.2, 0.25) is 0 Å². The Labute approximate surface area is 148 Å². The van der Waals surface area contributed by atoms with E-state index in [2.05, 4.69) is 10.3 Å². The number of nitro groups is 1. The smallest absolute Gasteiger partial charge is 0.269 e. The van der Waals surface area contributed by atoms with Gasteiger partial charge in [-0.1, -0.05) is 18.2 Å². The Morgan fingerprint density at radius 1 is 1.31 bits per heavy atom. The third kappa shape index (κ3) is 3.30. The van der Waals surface area contributed by atoms with Crippen molar-refractivity contribution < 1.29 is 9.72 Å². The van der Waals surface area contributed by atoms with Gasteiger partial charge in [-0.15, -0.1) is 0 Å². The molecule has 0 bridgehead atoms. The topological polar surface area (TPSA) is 112 Å². The molecule has 7 heteroatoms. The Morgan fingerprint density at radius 3 is 2.77 bits per heavy atom. The second-order valence-electron chi connectivity index (χ2n) is 5.67. The van der Waals surface area contributed by atoms with Crippen LogP contribution in [0.1, 0.15) is 11.1 Å². The summed E-state index contributed by atoms with van der Waals surface area (Å²) in [5, 5.41) is 23.7. The van der Waals surface area contributed by atoms with E-state index in [9.17, 15) is 20.2 Å².